The highest BCUT2D eigenvalue weighted by Crippen LogP contribution is 2.32. The van der Waals surface area contributed by atoms with Crippen molar-refractivity contribution in [3.05, 3.63) is 51.1 Å². The lowest BCUT2D eigenvalue weighted by molar-refractivity contribution is -0.154. The summed E-state index contributed by atoms with van der Waals surface area (Å²) >= 11 is 9.34. The van der Waals surface area contributed by atoms with Crippen LogP contribution in [0.5, 0.6) is 5.88 Å². The quantitative estimate of drug-likeness (QED) is 0.660. The summed E-state index contributed by atoms with van der Waals surface area (Å²) in [6, 6.07) is 6.94. The van der Waals surface area contributed by atoms with Crippen molar-refractivity contribution in [2.75, 3.05) is 18.1 Å². The number of alkyl halides is 3. The number of nitrogens with zero attached hydrogens (tertiary/aromatic N) is 2. The zero-order valence-electron chi connectivity index (χ0n) is 13.3. The number of fused-ring (bicyclic) bond motifs is 1. The van der Waals surface area contributed by atoms with Gasteiger partial charge < -0.3 is 9.64 Å². The van der Waals surface area contributed by atoms with Crippen LogP contribution in [-0.4, -0.2) is 30.2 Å². The SMILES string of the molecule is O=C(c1cnc(OCC(F)(F)F)c(Cl)c1)N1CCCc2cc(Br)ccc21. The van der Waals surface area contributed by atoms with Crippen molar-refractivity contribution in [2.24, 2.45) is 0 Å². The molecule has 3 rings (SSSR count). The van der Waals surface area contributed by atoms with Crippen molar-refractivity contribution < 1.29 is 22.7 Å². The van der Waals surface area contributed by atoms with Crippen molar-refractivity contribution in [2.45, 2.75) is 19.0 Å². The second-order valence-corrected chi connectivity index (χ2v) is 7.07. The lowest BCUT2D eigenvalue weighted by Gasteiger charge is -2.29. The minimum Gasteiger partial charge on any atom is -0.467 e. The summed E-state index contributed by atoms with van der Waals surface area (Å²) in [5, 5.41) is -0.145. The third-order valence-electron chi connectivity index (χ3n) is 3.83. The van der Waals surface area contributed by atoms with E-state index in [-0.39, 0.29) is 22.4 Å². The summed E-state index contributed by atoms with van der Waals surface area (Å²) < 4.78 is 42.2. The van der Waals surface area contributed by atoms with Crippen molar-refractivity contribution >= 4 is 39.1 Å². The first-order chi connectivity index (χ1) is 12.2. The topological polar surface area (TPSA) is 42.4 Å². The number of rotatable bonds is 3. The first-order valence-electron chi connectivity index (χ1n) is 7.70. The number of aryl methyl sites for hydroxylation is 1. The monoisotopic (exact) mass is 448 g/mol. The minimum atomic E-state index is -4.49. The molecule has 0 N–H and O–H groups in total. The Balaban J connectivity index is 1.82. The molecule has 1 aliphatic rings. The van der Waals surface area contributed by atoms with Gasteiger partial charge in [-0.05, 0) is 42.7 Å². The maximum absolute atomic E-state index is 12.8. The van der Waals surface area contributed by atoms with Gasteiger partial charge in [-0.15, -0.1) is 0 Å². The Morgan fingerprint density at radius 3 is 2.81 bits per heavy atom. The fourth-order valence-corrected chi connectivity index (χ4v) is 3.36. The normalized spacial score (nSPS) is 14.1. The molecule has 138 valence electrons. The molecule has 0 unspecified atom stereocenters. The summed E-state index contributed by atoms with van der Waals surface area (Å²) in [7, 11) is 0. The summed E-state index contributed by atoms with van der Waals surface area (Å²) in [6.07, 6.45) is -1.65. The van der Waals surface area contributed by atoms with E-state index in [1.807, 2.05) is 18.2 Å². The van der Waals surface area contributed by atoms with Gasteiger partial charge in [-0.2, -0.15) is 13.2 Å². The molecule has 0 fully saturated rings. The number of ether oxygens (including phenoxy) is 1. The highest BCUT2D eigenvalue weighted by Gasteiger charge is 2.29. The molecule has 1 aliphatic heterocycles. The van der Waals surface area contributed by atoms with Crippen LogP contribution in [0, 0.1) is 0 Å². The second-order valence-electron chi connectivity index (χ2n) is 5.75. The molecule has 0 saturated heterocycles. The number of pyridine rings is 1. The van der Waals surface area contributed by atoms with E-state index in [4.69, 9.17) is 11.6 Å². The van der Waals surface area contributed by atoms with Gasteiger partial charge in [-0.1, -0.05) is 27.5 Å². The van der Waals surface area contributed by atoms with Crippen LogP contribution in [0.1, 0.15) is 22.3 Å². The van der Waals surface area contributed by atoms with Crippen LogP contribution in [0.25, 0.3) is 0 Å². The summed E-state index contributed by atoms with van der Waals surface area (Å²) in [5.41, 5.74) is 2.03. The number of hydrogen-bond donors (Lipinski definition) is 0. The van der Waals surface area contributed by atoms with Gasteiger partial charge in [0.1, 0.15) is 5.02 Å². The van der Waals surface area contributed by atoms with Crippen molar-refractivity contribution in [3.8, 4) is 5.88 Å². The first-order valence-corrected chi connectivity index (χ1v) is 8.87. The molecule has 4 nitrogen and oxygen atoms in total. The molecular weight excluding hydrogens is 437 g/mol. The number of anilines is 1. The Hall–Kier alpha value is -1.80. The van der Waals surface area contributed by atoms with Crippen LogP contribution in [-0.2, 0) is 6.42 Å². The molecule has 0 atom stereocenters. The Labute approximate surface area is 161 Å². The van der Waals surface area contributed by atoms with Gasteiger partial charge in [0.25, 0.3) is 5.91 Å². The molecular formula is C17H13BrClF3N2O2. The average molecular weight is 450 g/mol. The fourth-order valence-electron chi connectivity index (χ4n) is 2.73. The molecule has 1 aromatic heterocycles. The van der Waals surface area contributed by atoms with E-state index in [2.05, 4.69) is 25.7 Å². The number of hydrogen-bond acceptors (Lipinski definition) is 3. The van der Waals surface area contributed by atoms with E-state index in [0.717, 1.165) is 28.6 Å². The van der Waals surface area contributed by atoms with Crippen LogP contribution in [0.15, 0.2) is 34.9 Å². The first kappa shape index (κ1) is 19.0. The van der Waals surface area contributed by atoms with E-state index >= 15 is 0 Å². The van der Waals surface area contributed by atoms with E-state index in [1.54, 1.807) is 4.90 Å². The standard InChI is InChI=1S/C17H13BrClF3N2O2/c18-12-3-4-14-10(6-12)2-1-5-24(14)16(25)11-7-13(19)15(23-8-11)26-9-17(20,21)22/h3-4,6-8H,1-2,5,9H2. The number of halogens is 5. The fraction of sp³-hybridized carbons (Fsp3) is 0.294. The average Bonchev–Trinajstić information content (AvgIpc) is 2.58. The number of amides is 1. The zero-order chi connectivity index (χ0) is 18.9. The maximum atomic E-state index is 12.8. The maximum Gasteiger partial charge on any atom is 0.422 e. The molecule has 2 heterocycles. The van der Waals surface area contributed by atoms with Crippen LogP contribution in [0.3, 0.4) is 0 Å². The molecule has 9 heteroatoms. The minimum absolute atomic E-state index is 0.145. The molecule has 0 aliphatic carbocycles. The third kappa shape index (κ3) is 4.29. The van der Waals surface area contributed by atoms with Gasteiger partial charge in [-0.25, -0.2) is 4.98 Å². The van der Waals surface area contributed by atoms with Crippen LogP contribution in [0.2, 0.25) is 5.02 Å². The van der Waals surface area contributed by atoms with E-state index < -0.39 is 12.8 Å². The van der Waals surface area contributed by atoms with Gasteiger partial charge >= 0.3 is 6.18 Å². The van der Waals surface area contributed by atoms with Gasteiger partial charge in [0.15, 0.2) is 6.61 Å². The predicted octanol–water partition coefficient (Wildman–Crippen LogP) is 5.03. The predicted molar refractivity (Wildman–Crippen MR) is 94.9 cm³/mol. The third-order valence-corrected chi connectivity index (χ3v) is 4.60. The number of aromatic nitrogens is 1. The van der Waals surface area contributed by atoms with Crippen LogP contribution < -0.4 is 9.64 Å². The Kier molecular flexibility index (Phi) is 5.43. The molecule has 0 bridgehead atoms. The van der Waals surface area contributed by atoms with E-state index in [9.17, 15) is 18.0 Å². The van der Waals surface area contributed by atoms with Gasteiger partial charge in [-0.3, -0.25) is 4.79 Å². The zero-order valence-corrected chi connectivity index (χ0v) is 15.7. The Morgan fingerprint density at radius 1 is 1.35 bits per heavy atom. The molecule has 26 heavy (non-hydrogen) atoms. The second kappa shape index (κ2) is 7.44. The smallest absolute Gasteiger partial charge is 0.422 e. The van der Waals surface area contributed by atoms with Gasteiger partial charge in [0, 0.05) is 22.9 Å². The van der Waals surface area contributed by atoms with Crippen molar-refractivity contribution in [1.29, 1.82) is 0 Å². The molecule has 1 aromatic carbocycles. The van der Waals surface area contributed by atoms with E-state index in [1.165, 1.54) is 12.3 Å². The summed E-state index contributed by atoms with van der Waals surface area (Å²) in [6.45, 7) is -0.960. The Bertz CT molecular complexity index is 845. The number of carbonyl (C=O) groups excluding carboxylic acids is 1. The van der Waals surface area contributed by atoms with Gasteiger partial charge in [0.2, 0.25) is 5.88 Å². The van der Waals surface area contributed by atoms with Crippen LogP contribution >= 0.6 is 27.5 Å². The molecule has 1 amide bonds. The lowest BCUT2D eigenvalue weighted by atomic mass is 10.0. The van der Waals surface area contributed by atoms with Crippen LogP contribution in [0.4, 0.5) is 18.9 Å². The van der Waals surface area contributed by atoms with Gasteiger partial charge in [0.05, 0.1) is 5.56 Å². The Morgan fingerprint density at radius 2 is 2.12 bits per heavy atom. The van der Waals surface area contributed by atoms with Crippen molar-refractivity contribution in [3.63, 3.8) is 0 Å². The van der Waals surface area contributed by atoms with Crippen molar-refractivity contribution in [1.82, 2.24) is 4.98 Å². The molecule has 0 saturated carbocycles. The largest absolute Gasteiger partial charge is 0.467 e. The molecule has 2 aromatic rings. The van der Waals surface area contributed by atoms with E-state index in [0.29, 0.717) is 6.54 Å². The number of benzene rings is 1. The summed E-state index contributed by atoms with van der Waals surface area (Å²) in [4.78, 5) is 18.2. The molecule has 0 spiro atoms. The number of carbonyl (C=O) groups is 1. The lowest BCUT2D eigenvalue weighted by Crippen LogP contribution is -2.35. The highest BCUT2D eigenvalue weighted by atomic mass is 79.9. The molecule has 0 radical (unpaired) electrons. The summed E-state index contributed by atoms with van der Waals surface area (Å²) in [5.74, 6) is -0.673. The highest BCUT2D eigenvalue weighted by molar-refractivity contribution is 9.10.